The number of hydrogen-bond acceptors (Lipinski definition) is 5. The lowest BCUT2D eigenvalue weighted by molar-refractivity contribution is 0.355. The maximum atomic E-state index is 6.12. The molecule has 0 radical (unpaired) electrons. The minimum Gasteiger partial charge on any atom is -0.493 e. The molecule has 0 unspecified atom stereocenters. The summed E-state index contributed by atoms with van der Waals surface area (Å²) in [6.07, 6.45) is 0.834. The molecule has 0 saturated heterocycles. The maximum Gasteiger partial charge on any atom is 0.162 e. The van der Waals surface area contributed by atoms with Crippen molar-refractivity contribution >= 4 is 5.69 Å². The average Bonchev–Trinajstić information content (AvgIpc) is 2.78. The standard InChI is InChI=1S/C15H22N4O2/c1-9(2)6-14-17-15(19(3)18-14)10-7-12(20-4)13(21-5)8-11(10)16/h7-9H,6,16H2,1-5H3. The molecule has 2 N–H and O–H groups in total. The van der Waals surface area contributed by atoms with Gasteiger partial charge < -0.3 is 15.2 Å². The number of rotatable bonds is 5. The minimum atomic E-state index is 0.503. The van der Waals surface area contributed by atoms with E-state index in [0.717, 1.165) is 23.6 Å². The topological polar surface area (TPSA) is 75.2 Å². The lowest BCUT2D eigenvalue weighted by atomic mass is 10.1. The smallest absolute Gasteiger partial charge is 0.162 e. The van der Waals surface area contributed by atoms with Crippen molar-refractivity contribution in [1.82, 2.24) is 14.8 Å². The van der Waals surface area contributed by atoms with Crippen LogP contribution >= 0.6 is 0 Å². The summed E-state index contributed by atoms with van der Waals surface area (Å²) in [5.74, 6) is 3.27. The molecule has 1 aromatic carbocycles. The lowest BCUT2D eigenvalue weighted by Crippen LogP contribution is -2.00. The van der Waals surface area contributed by atoms with Crippen molar-refractivity contribution in [3.8, 4) is 22.9 Å². The Kier molecular flexibility index (Phi) is 4.35. The van der Waals surface area contributed by atoms with Gasteiger partial charge in [-0.3, -0.25) is 0 Å². The number of ether oxygens (including phenoxy) is 2. The van der Waals surface area contributed by atoms with E-state index < -0.39 is 0 Å². The SMILES string of the molecule is COc1cc(N)c(-c2nc(CC(C)C)nn2C)cc1OC. The van der Waals surface area contributed by atoms with Gasteiger partial charge in [0.2, 0.25) is 0 Å². The Bertz CT molecular complexity index is 635. The van der Waals surface area contributed by atoms with E-state index >= 15 is 0 Å². The molecule has 1 aromatic heterocycles. The van der Waals surface area contributed by atoms with Gasteiger partial charge in [0.1, 0.15) is 0 Å². The molecular formula is C15H22N4O2. The van der Waals surface area contributed by atoms with Crippen molar-refractivity contribution in [3.05, 3.63) is 18.0 Å². The van der Waals surface area contributed by atoms with Crippen molar-refractivity contribution in [2.45, 2.75) is 20.3 Å². The maximum absolute atomic E-state index is 6.12. The van der Waals surface area contributed by atoms with E-state index in [1.807, 2.05) is 13.1 Å². The molecule has 0 spiro atoms. The van der Waals surface area contributed by atoms with Crippen LogP contribution in [0.4, 0.5) is 5.69 Å². The quantitative estimate of drug-likeness (QED) is 0.855. The van der Waals surface area contributed by atoms with Crippen LogP contribution in [0.2, 0.25) is 0 Å². The summed E-state index contributed by atoms with van der Waals surface area (Å²) in [4.78, 5) is 4.59. The fourth-order valence-electron chi connectivity index (χ4n) is 2.21. The molecule has 1 heterocycles. The summed E-state index contributed by atoms with van der Waals surface area (Å²) >= 11 is 0. The number of aryl methyl sites for hydroxylation is 1. The highest BCUT2D eigenvalue weighted by molar-refractivity contribution is 5.76. The zero-order chi connectivity index (χ0) is 15.6. The van der Waals surface area contributed by atoms with Crippen LogP contribution in [0.15, 0.2) is 12.1 Å². The van der Waals surface area contributed by atoms with Gasteiger partial charge in [0.15, 0.2) is 23.1 Å². The number of methoxy groups -OCH3 is 2. The Balaban J connectivity index is 2.48. The fraction of sp³-hybridized carbons (Fsp3) is 0.467. The average molecular weight is 290 g/mol. The van der Waals surface area contributed by atoms with E-state index in [2.05, 4.69) is 23.9 Å². The molecule has 6 nitrogen and oxygen atoms in total. The number of benzene rings is 1. The third kappa shape index (κ3) is 3.09. The van der Waals surface area contributed by atoms with Gasteiger partial charge in [-0.25, -0.2) is 9.67 Å². The molecule has 114 valence electrons. The van der Waals surface area contributed by atoms with Crippen molar-refractivity contribution in [1.29, 1.82) is 0 Å². The van der Waals surface area contributed by atoms with Crippen molar-refractivity contribution < 1.29 is 9.47 Å². The van der Waals surface area contributed by atoms with E-state index in [1.54, 1.807) is 25.0 Å². The Morgan fingerprint density at radius 3 is 2.38 bits per heavy atom. The number of hydrogen-bond donors (Lipinski definition) is 1. The first-order valence-electron chi connectivity index (χ1n) is 6.88. The summed E-state index contributed by atoms with van der Waals surface area (Å²) in [5.41, 5.74) is 7.49. The molecular weight excluding hydrogens is 268 g/mol. The summed E-state index contributed by atoms with van der Waals surface area (Å²) in [5, 5.41) is 4.44. The van der Waals surface area contributed by atoms with E-state index in [1.165, 1.54) is 0 Å². The second kappa shape index (κ2) is 6.03. The molecule has 2 aromatic rings. The zero-order valence-electron chi connectivity index (χ0n) is 13.2. The lowest BCUT2D eigenvalue weighted by Gasteiger charge is -2.11. The van der Waals surface area contributed by atoms with Crippen LogP contribution in [0.25, 0.3) is 11.4 Å². The Hall–Kier alpha value is -2.24. The molecule has 0 saturated carbocycles. The first-order chi connectivity index (χ1) is 9.96. The number of nitrogens with zero attached hydrogens (tertiary/aromatic N) is 3. The molecule has 6 heteroatoms. The van der Waals surface area contributed by atoms with Crippen LogP contribution in [-0.4, -0.2) is 29.0 Å². The summed E-state index contributed by atoms with van der Waals surface area (Å²) < 4.78 is 12.3. The molecule has 2 rings (SSSR count). The number of nitrogens with two attached hydrogens (primary N) is 1. The van der Waals surface area contributed by atoms with Gasteiger partial charge in [0.05, 0.1) is 14.2 Å². The first-order valence-corrected chi connectivity index (χ1v) is 6.88. The van der Waals surface area contributed by atoms with E-state index in [0.29, 0.717) is 23.1 Å². The molecule has 0 aliphatic rings. The van der Waals surface area contributed by atoms with E-state index in [9.17, 15) is 0 Å². The van der Waals surface area contributed by atoms with Gasteiger partial charge in [-0.1, -0.05) is 13.8 Å². The summed E-state index contributed by atoms with van der Waals surface area (Å²) in [7, 11) is 5.04. The number of nitrogen functional groups attached to an aromatic ring is 1. The molecule has 0 fully saturated rings. The third-order valence-electron chi connectivity index (χ3n) is 3.19. The zero-order valence-corrected chi connectivity index (χ0v) is 13.2. The van der Waals surface area contributed by atoms with Gasteiger partial charge >= 0.3 is 0 Å². The second-order valence-corrected chi connectivity index (χ2v) is 5.37. The van der Waals surface area contributed by atoms with Crippen LogP contribution in [-0.2, 0) is 13.5 Å². The van der Waals surface area contributed by atoms with Crippen molar-refractivity contribution in [2.75, 3.05) is 20.0 Å². The second-order valence-electron chi connectivity index (χ2n) is 5.37. The normalized spacial score (nSPS) is 11.0. The van der Waals surface area contributed by atoms with Crippen LogP contribution in [0.1, 0.15) is 19.7 Å². The molecule has 0 amide bonds. The number of aromatic nitrogens is 3. The number of anilines is 1. The minimum absolute atomic E-state index is 0.503. The van der Waals surface area contributed by atoms with Crippen LogP contribution in [0, 0.1) is 5.92 Å². The van der Waals surface area contributed by atoms with Crippen LogP contribution in [0.5, 0.6) is 11.5 Å². The Morgan fingerprint density at radius 1 is 1.19 bits per heavy atom. The highest BCUT2D eigenvalue weighted by Gasteiger charge is 2.16. The van der Waals surface area contributed by atoms with E-state index in [-0.39, 0.29) is 0 Å². The summed E-state index contributed by atoms with van der Waals surface area (Å²) in [6.45, 7) is 4.28. The van der Waals surface area contributed by atoms with Crippen LogP contribution in [0.3, 0.4) is 0 Å². The van der Waals surface area contributed by atoms with Gasteiger partial charge in [-0.2, -0.15) is 5.10 Å². The van der Waals surface area contributed by atoms with Crippen molar-refractivity contribution in [2.24, 2.45) is 13.0 Å². The van der Waals surface area contributed by atoms with Gasteiger partial charge in [0, 0.05) is 30.8 Å². The first kappa shape index (κ1) is 15.2. The Labute approximate surface area is 124 Å². The third-order valence-corrected chi connectivity index (χ3v) is 3.19. The highest BCUT2D eigenvalue weighted by Crippen LogP contribution is 2.36. The molecule has 0 bridgehead atoms. The van der Waals surface area contributed by atoms with Crippen LogP contribution < -0.4 is 15.2 Å². The monoisotopic (exact) mass is 290 g/mol. The molecule has 0 aliphatic carbocycles. The predicted octanol–water partition coefficient (Wildman–Crippen LogP) is 2.28. The highest BCUT2D eigenvalue weighted by atomic mass is 16.5. The largest absolute Gasteiger partial charge is 0.493 e. The predicted molar refractivity (Wildman–Crippen MR) is 82.5 cm³/mol. The van der Waals surface area contributed by atoms with Gasteiger partial charge in [-0.15, -0.1) is 0 Å². The van der Waals surface area contributed by atoms with Gasteiger partial charge in [-0.05, 0) is 12.0 Å². The van der Waals surface area contributed by atoms with Gasteiger partial charge in [0.25, 0.3) is 0 Å². The fourth-order valence-corrected chi connectivity index (χ4v) is 2.21. The van der Waals surface area contributed by atoms with E-state index in [4.69, 9.17) is 15.2 Å². The van der Waals surface area contributed by atoms with Crippen molar-refractivity contribution in [3.63, 3.8) is 0 Å². The molecule has 0 atom stereocenters. The Morgan fingerprint density at radius 2 is 1.81 bits per heavy atom. The molecule has 0 aliphatic heterocycles. The molecule has 21 heavy (non-hydrogen) atoms. The summed E-state index contributed by atoms with van der Waals surface area (Å²) in [6, 6.07) is 3.57.